The summed E-state index contributed by atoms with van der Waals surface area (Å²) in [6.07, 6.45) is 0. The number of aryl methyl sites for hydroxylation is 1. The normalized spacial score (nSPS) is 11.9. The predicted octanol–water partition coefficient (Wildman–Crippen LogP) is 3.84. The van der Waals surface area contributed by atoms with Crippen LogP contribution in [-0.2, 0) is 10.5 Å². The number of amides is 1. The third kappa shape index (κ3) is 4.53. The fourth-order valence-corrected chi connectivity index (χ4v) is 2.70. The molecule has 1 amide bonds. The number of nitrogens with two attached hydrogens (primary N) is 1. The minimum absolute atomic E-state index is 0.0322. The smallest absolute Gasteiger partial charge is 0.237 e. The molecule has 2 rings (SSSR count). The summed E-state index contributed by atoms with van der Waals surface area (Å²) >= 11 is 1.62. The lowest BCUT2D eigenvalue weighted by atomic mass is 10.2. The monoisotopic (exact) mass is 300 g/mol. The molecule has 0 saturated carbocycles. The van der Waals surface area contributed by atoms with Gasteiger partial charge in [-0.25, -0.2) is 0 Å². The Hall–Kier alpha value is -1.94. The highest BCUT2D eigenvalue weighted by Gasteiger charge is 2.14. The van der Waals surface area contributed by atoms with Crippen LogP contribution < -0.4 is 11.1 Å². The molecule has 2 aromatic rings. The van der Waals surface area contributed by atoms with E-state index in [-0.39, 0.29) is 11.2 Å². The Bertz CT molecular complexity index is 610. The van der Waals surface area contributed by atoms with Crippen LogP contribution in [0.4, 0.5) is 11.4 Å². The average molecular weight is 300 g/mol. The highest BCUT2D eigenvalue weighted by Crippen LogP contribution is 2.21. The summed E-state index contributed by atoms with van der Waals surface area (Å²) in [7, 11) is 0. The van der Waals surface area contributed by atoms with Gasteiger partial charge in [0.15, 0.2) is 0 Å². The molecule has 0 bridgehead atoms. The van der Waals surface area contributed by atoms with Gasteiger partial charge in [0.1, 0.15) is 0 Å². The van der Waals surface area contributed by atoms with Gasteiger partial charge >= 0.3 is 0 Å². The van der Waals surface area contributed by atoms with Gasteiger partial charge < -0.3 is 11.1 Å². The fourth-order valence-electron chi connectivity index (χ4n) is 1.86. The number of hydrogen-bond acceptors (Lipinski definition) is 3. The zero-order valence-corrected chi connectivity index (χ0v) is 13.1. The summed E-state index contributed by atoms with van der Waals surface area (Å²) in [6.45, 7) is 3.91. The number of carbonyl (C=O) groups excluding carboxylic acids is 1. The number of thioether (sulfide) groups is 1. The second-order valence-corrected chi connectivity index (χ2v) is 6.33. The number of anilines is 2. The van der Waals surface area contributed by atoms with E-state index in [1.165, 1.54) is 5.56 Å². The molecule has 1 atom stereocenters. The van der Waals surface area contributed by atoms with E-state index >= 15 is 0 Å². The van der Waals surface area contributed by atoms with Crippen LogP contribution >= 0.6 is 11.8 Å². The second kappa shape index (κ2) is 7.18. The Morgan fingerprint density at radius 2 is 1.86 bits per heavy atom. The lowest BCUT2D eigenvalue weighted by molar-refractivity contribution is -0.115. The molecule has 0 aromatic heterocycles. The van der Waals surface area contributed by atoms with Gasteiger partial charge in [-0.1, -0.05) is 30.3 Å². The number of rotatable bonds is 5. The van der Waals surface area contributed by atoms with E-state index in [1.807, 2.05) is 62.4 Å². The van der Waals surface area contributed by atoms with Gasteiger partial charge in [-0.05, 0) is 43.2 Å². The van der Waals surface area contributed by atoms with Crippen LogP contribution in [0.3, 0.4) is 0 Å². The molecule has 0 aliphatic rings. The molecule has 0 spiro atoms. The molecule has 0 radical (unpaired) electrons. The molecule has 0 aliphatic heterocycles. The third-order valence-corrected chi connectivity index (χ3v) is 4.47. The van der Waals surface area contributed by atoms with Gasteiger partial charge in [0.05, 0.1) is 5.25 Å². The zero-order valence-electron chi connectivity index (χ0n) is 12.3. The average Bonchev–Trinajstić information content (AvgIpc) is 2.48. The Morgan fingerprint density at radius 1 is 1.19 bits per heavy atom. The maximum atomic E-state index is 12.2. The van der Waals surface area contributed by atoms with E-state index in [0.717, 1.165) is 22.7 Å². The molecule has 1 unspecified atom stereocenters. The first-order valence-electron chi connectivity index (χ1n) is 6.89. The first-order chi connectivity index (χ1) is 10.1. The molecule has 21 heavy (non-hydrogen) atoms. The minimum Gasteiger partial charge on any atom is -0.399 e. The largest absolute Gasteiger partial charge is 0.399 e. The molecule has 3 N–H and O–H groups in total. The number of para-hydroxylation sites is 1. The van der Waals surface area contributed by atoms with Crippen LogP contribution in [0.25, 0.3) is 0 Å². The summed E-state index contributed by atoms with van der Waals surface area (Å²) in [5, 5.41) is 2.87. The van der Waals surface area contributed by atoms with Crippen LogP contribution in [0.15, 0.2) is 48.5 Å². The molecule has 4 heteroatoms. The van der Waals surface area contributed by atoms with Gasteiger partial charge in [0.25, 0.3) is 0 Å². The summed E-state index contributed by atoms with van der Waals surface area (Å²) in [5.41, 5.74) is 9.54. The predicted molar refractivity (Wildman–Crippen MR) is 91.4 cm³/mol. The standard InChI is InChI=1S/C17H20N2OS/c1-12-5-3-4-6-16(12)19-17(20)13(2)21-11-14-7-9-15(18)10-8-14/h3-10,13H,11,18H2,1-2H3,(H,19,20). The van der Waals surface area contributed by atoms with Crippen LogP contribution in [0.1, 0.15) is 18.1 Å². The molecule has 0 aliphatic carbocycles. The molecule has 0 saturated heterocycles. The Balaban J connectivity index is 1.88. The first kappa shape index (κ1) is 15.4. The molecular formula is C17H20N2OS. The van der Waals surface area contributed by atoms with Crippen molar-refractivity contribution in [2.45, 2.75) is 24.9 Å². The molecule has 0 fully saturated rings. The van der Waals surface area contributed by atoms with Crippen molar-refractivity contribution in [1.29, 1.82) is 0 Å². The number of hydrogen-bond donors (Lipinski definition) is 2. The van der Waals surface area contributed by atoms with E-state index in [1.54, 1.807) is 11.8 Å². The van der Waals surface area contributed by atoms with E-state index in [9.17, 15) is 4.79 Å². The zero-order chi connectivity index (χ0) is 15.2. The van der Waals surface area contributed by atoms with Crippen LogP contribution in [0.5, 0.6) is 0 Å². The second-order valence-electron chi connectivity index (χ2n) is 5.00. The topological polar surface area (TPSA) is 55.1 Å². The highest BCUT2D eigenvalue weighted by molar-refractivity contribution is 7.99. The summed E-state index contributed by atoms with van der Waals surface area (Å²) in [5.74, 6) is 0.826. The van der Waals surface area contributed by atoms with Gasteiger partial charge in [0, 0.05) is 17.1 Å². The van der Waals surface area contributed by atoms with Gasteiger partial charge in [-0.2, -0.15) is 0 Å². The van der Waals surface area contributed by atoms with Crippen molar-refractivity contribution in [2.24, 2.45) is 0 Å². The third-order valence-electron chi connectivity index (χ3n) is 3.25. The lowest BCUT2D eigenvalue weighted by Crippen LogP contribution is -2.23. The lowest BCUT2D eigenvalue weighted by Gasteiger charge is -2.13. The minimum atomic E-state index is -0.109. The Labute approximate surface area is 129 Å². The quantitative estimate of drug-likeness (QED) is 0.825. The molecular weight excluding hydrogens is 280 g/mol. The number of benzene rings is 2. The van der Waals surface area contributed by atoms with Crippen LogP contribution in [-0.4, -0.2) is 11.2 Å². The van der Waals surface area contributed by atoms with Crippen molar-refractivity contribution in [3.8, 4) is 0 Å². The van der Waals surface area contributed by atoms with Crippen LogP contribution in [0.2, 0.25) is 0 Å². The maximum Gasteiger partial charge on any atom is 0.237 e. The van der Waals surface area contributed by atoms with Crippen LogP contribution in [0, 0.1) is 6.92 Å². The van der Waals surface area contributed by atoms with Gasteiger partial charge in [0.2, 0.25) is 5.91 Å². The summed E-state index contributed by atoms with van der Waals surface area (Å²) in [6, 6.07) is 15.6. The van der Waals surface area contributed by atoms with E-state index in [0.29, 0.717) is 0 Å². The van der Waals surface area contributed by atoms with E-state index in [2.05, 4.69) is 5.32 Å². The van der Waals surface area contributed by atoms with Crippen molar-refractivity contribution in [2.75, 3.05) is 11.1 Å². The number of nitrogen functional groups attached to an aromatic ring is 1. The van der Waals surface area contributed by atoms with Gasteiger partial charge in [-0.15, -0.1) is 11.8 Å². The number of carbonyl (C=O) groups is 1. The first-order valence-corrected chi connectivity index (χ1v) is 7.93. The summed E-state index contributed by atoms with van der Waals surface area (Å²) in [4.78, 5) is 12.2. The van der Waals surface area contributed by atoms with Crippen molar-refractivity contribution < 1.29 is 4.79 Å². The van der Waals surface area contributed by atoms with Crippen molar-refractivity contribution in [3.05, 3.63) is 59.7 Å². The number of nitrogens with one attached hydrogen (secondary N) is 1. The molecule has 110 valence electrons. The molecule has 3 nitrogen and oxygen atoms in total. The molecule has 2 aromatic carbocycles. The summed E-state index contributed by atoms with van der Waals surface area (Å²) < 4.78 is 0. The Kier molecular flexibility index (Phi) is 5.28. The Morgan fingerprint density at radius 3 is 2.52 bits per heavy atom. The SMILES string of the molecule is Cc1ccccc1NC(=O)C(C)SCc1ccc(N)cc1. The van der Waals surface area contributed by atoms with E-state index in [4.69, 9.17) is 5.73 Å². The van der Waals surface area contributed by atoms with E-state index < -0.39 is 0 Å². The fraction of sp³-hybridized carbons (Fsp3) is 0.235. The van der Waals surface area contributed by atoms with Crippen molar-refractivity contribution >= 4 is 29.0 Å². The van der Waals surface area contributed by atoms with Crippen molar-refractivity contribution in [3.63, 3.8) is 0 Å². The maximum absolute atomic E-state index is 12.2. The highest BCUT2D eigenvalue weighted by atomic mass is 32.2. The van der Waals surface area contributed by atoms with Gasteiger partial charge in [-0.3, -0.25) is 4.79 Å². The van der Waals surface area contributed by atoms with Crippen molar-refractivity contribution in [1.82, 2.24) is 0 Å². The molecule has 0 heterocycles.